The Morgan fingerprint density at radius 1 is 0.673 bits per heavy atom. The van der Waals surface area contributed by atoms with Gasteiger partial charge in [0.2, 0.25) is 6.04 Å². The maximum atomic E-state index is 13.0. The number of ketones is 1. The number of anilines is 1. The summed E-state index contributed by atoms with van der Waals surface area (Å²) in [5.74, 6) is -4.54. The minimum absolute atomic E-state index is 0.0119. The number of nitrogens with zero attached hydrogens (tertiary/aromatic N) is 5. The van der Waals surface area contributed by atoms with E-state index in [1.165, 1.54) is 89.1 Å². The summed E-state index contributed by atoms with van der Waals surface area (Å²) in [5.41, 5.74) is 0.631. The minimum atomic E-state index is -1.61. The zero-order chi connectivity index (χ0) is 38.2. The van der Waals surface area contributed by atoms with Gasteiger partial charge in [-0.15, -0.1) is 10.2 Å². The van der Waals surface area contributed by atoms with Crippen molar-refractivity contribution in [1.82, 2.24) is 0 Å². The van der Waals surface area contributed by atoms with Crippen LogP contribution in [0, 0.1) is 0 Å². The van der Waals surface area contributed by atoms with E-state index in [4.69, 9.17) is 23.7 Å². The molecule has 3 rings (SSSR count). The third kappa shape index (κ3) is 10.7. The number of nitrogens with one attached hydrogen (secondary N) is 1. The van der Waals surface area contributed by atoms with Crippen LogP contribution in [0.5, 0.6) is 0 Å². The molecule has 270 valence electrons. The third-order valence-electron chi connectivity index (χ3n) is 6.55. The van der Waals surface area contributed by atoms with Gasteiger partial charge in [0, 0.05) is 5.69 Å². The average Bonchev–Trinajstić information content (AvgIpc) is 3.15. The minimum Gasteiger partial charge on any atom is -0.499 e. The molecule has 1 atom stereocenters. The van der Waals surface area contributed by atoms with Gasteiger partial charge in [-0.2, -0.15) is 10.2 Å². The van der Waals surface area contributed by atoms with Crippen molar-refractivity contribution in [3.05, 3.63) is 95.1 Å². The molecule has 1 amide bonds. The molecular formula is C34H32N6O12. The molecule has 0 saturated heterocycles. The van der Waals surface area contributed by atoms with Gasteiger partial charge in [0.25, 0.3) is 11.8 Å². The van der Waals surface area contributed by atoms with Crippen molar-refractivity contribution >= 4 is 64.7 Å². The first-order valence-corrected chi connectivity index (χ1v) is 14.7. The van der Waals surface area contributed by atoms with E-state index < -0.39 is 41.6 Å². The molecule has 3 aromatic carbocycles. The van der Waals surface area contributed by atoms with Crippen LogP contribution in [0.2, 0.25) is 0 Å². The molecule has 18 heteroatoms. The van der Waals surface area contributed by atoms with Crippen LogP contribution in [0.4, 0.5) is 22.7 Å². The summed E-state index contributed by atoms with van der Waals surface area (Å²) in [5, 5.41) is 18.2. The Balaban J connectivity index is 1.73. The molecule has 1 unspecified atom stereocenters. The van der Waals surface area contributed by atoms with Gasteiger partial charge in [-0.05, 0) is 67.6 Å². The van der Waals surface area contributed by atoms with E-state index in [0.717, 1.165) is 26.7 Å². The highest BCUT2D eigenvalue weighted by atomic mass is 16.5. The van der Waals surface area contributed by atoms with Gasteiger partial charge in [-0.3, -0.25) is 9.59 Å². The second kappa shape index (κ2) is 19.2. The molecular weight excluding hydrogens is 684 g/mol. The Morgan fingerprint density at radius 2 is 1.19 bits per heavy atom. The number of hydrogen-bond acceptors (Lipinski definition) is 17. The van der Waals surface area contributed by atoms with E-state index >= 15 is 0 Å². The van der Waals surface area contributed by atoms with Gasteiger partial charge >= 0.3 is 23.9 Å². The molecule has 0 bridgehead atoms. The van der Waals surface area contributed by atoms with Crippen molar-refractivity contribution in [2.24, 2.45) is 25.4 Å². The van der Waals surface area contributed by atoms with E-state index in [9.17, 15) is 28.8 Å². The van der Waals surface area contributed by atoms with Crippen molar-refractivity contribution in [2.75, 3.05) is 40.9 Å². The van der Waals surface area contributed by atoms with Crippen molar-refractivity contribution in [3.8, 4) is 0 Å². The van der Waals surface area contributed by atoms with Crippen LogP contribution in [0.1, 0.15) is 48.4 Å². The molecule has 0 spiro atoms. The van der Waals surface area contributed by atoms with Crippen LogP contribution in [0.25, 0.3) is 0 Å². The van der Waals surface area contributed by atoms with Crippen LogP contribution in [-0.4, -0.2) is 83.6 Å². The largest absolute Gasteiger partial charge is 0.499 e. The number of Topliss-reactive ketones (excluding diaryl/α,β-unsaturated/α-hetero) is 1. The topological polar surface area (TPSA) is 232 Å². The number of aliphatic imine (C=N–C) groups is 1. The summed E-state index contributed by atoms with van der Waals surface area (Å²) in [6.45, 7) is 1.14. The maximum absolute atomic E-state index is 13.0. The van der Waals surface area contributed by atoms with Crippen LogP contribution in [0.15, 0.2) is 98.3 Å². The van der Waals surface area contributed by atoms with Crippen molar-refractivity contribution < 1.29 is 57.2 Å². The Hall–Kier alpha value is -7.11. The molecule has 0 aromatic heterocycles. The summed E-state index contributed by atoms with van der Waals surface area (Å²) in [7, 11) is 6.05. The summed E-state index contributed by atoms with van der Waals surface area (Å²) in [4.78, 5) is 77.8. The van der Waals surface area contributed by atoms with Crippen LogP contribution in [0.3, 0.4) is 0 Å². The number of azo groups is 2. The lowest BCUT2D eigenvalue weighted by Crippen LogP contribution is -2.31. The molecule has 0 radical (unpaired) electrons. The van der Waals surface area contributed by atoms with E-state index in [-0.39, 0.29) is 45.2 Å². The lowest BCUT2D eigenvalue weighted by Gasteiger charge is -2.10. The number of carbonyl (C=O) groups is 6. The first kappa shape index (κ1) is 39.3. The Kier molecular flexibility index (Phi) is 14.5. The number of amides is 1. The molecule has 0 fully saturated rings. The van der Waals surface area contributed by atoms with E-state index in [2.05, 4.69) is 35.5 Å². The summed E-state index contributed by atoms with van der Waals surface area (Å²) >= 11 is 0. The van der Waals surface area contributed by atoms with Gasteiger partial charge in [0.05, 0.1) is 63.5 Å². The first-order valence-electron chi connectivity index (χ1n) is 14.7. The lowest BCUT2D eigenvalue weighted by molar-refractivity contribution is -0.126. The molecule has 0 aliphatic heterocycles. The van der Waals surface area contributed by atoms with Crippen molar-refractivity contribution in [3.63, 3.8) is 0 Å². The lowest BCUT2D eigenvalue weighted by atomic mass is 10.1. The predicted octanol–water partition coefficient (Wildman–Crippen LogP) is 5.42. The second-order valence-electron chi connectivity index (χ2n) is 9.94. The van der Waals surface area contributed by atoms with Crippen LogP contribution < -0.4 is 5.32 Å². The number of hydrogen-bond donors (Lipinski definition) is 1. The first-order chi connectivity index (χ1) is 24.9. The summed E-state index contributed by atoms with van der Waals surface area (Å²) in [6, 6.07) is 12.2. The Labute approximate surface area is 296 Å². The standard InChI is InChI=1S/C34H32N6O12/c1-19(41)29(40-38-27-16-21(32(44)49-4)8-14-25(27)34(46)51-6)30(42)36-23-11-9-22(10-12-23)35-18-52-28(17-47-2)39-37-26-15-20(31(43)48-3)7-13-24(26)33(45)50-5/h7-18,29H,1-6H3,(H,36,42)/b28-17-,35-18?,39-37?,40-38?. The van der Waals surface area contributed by atoms with E-state index in [1.54, 1.807) is 0 Å². The average molecular weight is 717 g/mol. The third-order valence-corrected chi connectivity index (χ3v) is 6.55. The van der Waals surface area contributed by atoms with Gasteiger partial charge in [0.1, 0.15) is 17.6 Å². The maximum Gasteiger partial charge on any atom is 0.340 e. The SMILES string of the molecule is CO/C=C(/N=Nc1cc(C(=O)OC)ccc1C(=O)OC)OC=Nc1ccc(NC(=O)C(N=Nc2cc(C(=O)OC)ccc2C(=O)OC)C(C)=O)cc1. The fraction of sp³-hybridized carbons (Fsp3) is 0.206. The van der Waals surface area contributed by atoms with Crippen molar-refractivity contribution in [2.45, 2.75) is 13.0 Å². The molecule has 1 N–H and O–H groups in total. The number of rotatable bonds is 15. The summed E-state index contributed by atoms with van der Waals surface area (Å²) < 4.78 is 29.2. The second-order valence-corrected chi connectivity index (χ2v) is 9.94. The van der Waals surface area contributed by atoms with E-state index in [0.29, 0.717) is 5.69 Å². The Morgan fingerprint density at radius 3 is 1.67 bits per heavy atom. The molecule has 0 saturated carbocycles. The highest BCUT2D eigenvalue weighted by molar-refractivity contribution is 6.10. The molecule has 52 heavy (non-hydrogen) atoms. The van der Waals surface area contributed by atoms with Crippen LogP contribution >= 0.6 is 0 Å². The number of methoxy groups -OCH3 is 5. The van der Waals surface area contributed by atoms with Crippen molar-refractivity contribution in [1.29, 1.82) is 0 Å². The zero-order valence-corrected chi connectivity index (χ0v) is 28.6. The molecule has 3 aromatic rings. The smallest absolute Gasteiger partial charge is 0.340 e. The normalized spacial score (nSPS) is 11.9. The predicted molar refractivity (Wildman–Crippen MR) is 181 cm³/mol. The molecule has 0 aliphatic rings. The number of carbonyl (C=O) groups excluding carboxylic acids is 6. The van der Waals surface area contributed by atoms with Crippen LogP contribution in [-0.2, 0) is 38.0 Å². The quantitative estimate of drug-likeness (QED) is 0.0395. The molecule has 0 aliphatic carbocycles. The van der Waals surface area contributed by atoms with Gasteiger partial charge in [-0.25, -0.2) is 24.2 Å². The highest BCUT2D eigenvalue weighted by Gasteiger charge is 2.24. The molecule has 18 nitrogen and oxygen atoms in total. The monoisotopic (exact) mass is 716 g/mol. The van der Waals surface area contributed by atoms with Gasteiger partial charge < -0.3 is 33.7 Å². The molecule has 0 heterocycles. The van der Waals surface area contributed by atoms with Gasteiger partial charge in [0.15, 0.2) is 12.2 Å². The summed E-state index contributed by atoms with van der Waals surface area (Å²) in [6.07, 6.45) is 2.12. The number of esters is 4. The Bertz CT molecular complexity index is 1950. The van der Waals surface area contributed by atoms with E-state index in [1.807, 2.05) is 0 Å². The number of ether oxygens (including phenoxy) is 6. The fourth-order valence-electron chi connectivity index (χ4n) is 3.98. The fourth-order valence-corrected chi connectivity index (χ4v) is 3.98. The highest BCUT2D eigenvalue weighted by Crippen LogP contribution is 2.26. The zero-order valence-electron chi connectivity index (χ0n) is 28.6. The van der Waals surface area contributed by atoms with Gasteiger partial charge in [-0.1, -0.05) is 0 Å². The number of benzene rings is 3.